The normalized spacial score (nSPS) is 12.4. The molecule has 110 valence electrons. The van der Waals surface area contributed by atoms with Crippen LogP contribution in [0, 0.1) is 0 Å². The summed E-state index contributed by atoms with van der Waals surface area (Å²) in [6.45, 7) is 6.45. The van der Waals surface area contributed by atoms with E-state index < -0.39 is 0 Å². The molecule has 2 aromatic rings. The van der Waals surface area contributed by atoms with Gasteiger partial charge >= 0.3 is 0 Å². The van der Waals surface area contributed by atoms with Gasteiger partial charge in [0.05, 0.1) is 0 Å². The second-order valence-corrected chi connectivity index (χ2v) is 5.91. The van der Waals surface area contributed by atoms with Crippen LogP contribution in [-0.2, 0) is 11.2 Å². The van der Waals surface area contributed by atoms with Gasteiger partial charge in [-0.05, 0) is 29.0 Å². The average Bonchev–Trinajstić information content (AvgIpc) is 2.49. The molecule has 0 spiro atoms. The second kappa shape index (κ2) is 7.21. The molecular weight excluding hydrogens is 256 g/mol. The van der Waals surface area contributed by atoms with Gasteiger partial charge in [0.15, 0.2) is 0 Å². The molecule has 0 N–H and O–H groups in total. The third-order valence-corrected chi connectivity index (χ3v) is 4.02. The molecule has 0 heterocycles. The molecule has 0 saturated heterocycles. The first-order valence-electron chi connectivity index (χ1n) is 7.78. The van der Waals surface area contributed by atoms with E-state index in [0.29, 0.717) is 18.1 Å². The van der Waals surface area contributed by atoms with Crippen LogP contribution in [-0.4, -0.2) is 5.78 Å². The summed E-state index contributed by atoms with van der Waals surface area (Å²) in [5, 5.41) is 0. The van der Waals surface area contributed by atoms with Crippen molar-refractivity contribution in [1.82, 2.24) is 0 Å². The minimum Gasteiger partial charge on any atom is -0.299 e. The third-order valence-electron chi connectivity index (χ3n) is 4.02. The molecule has 0 bridgehead atoms. The van der Waals surface area contributed by atoms with Crippen molar-refractivity contribution < 1.29 is 4.79 Å². The van der Waals surface area contributed by atoms with E-state index in [1.807, 2.05) is 30.3 Å². The monoisotopic (exact) mass is 280 g/mol. The first kappa shape index (κ1) is 15.5. The Labute approximate surface area is 128 Å². The smallest absolute Gasteiger partial charge is 0.144 e. The van der Waals surface area contributed by atoms with Crippen molar-refractivity contribution in [3.8, 4) is 0 Å². The minimum absolute atomic E-state index is 0.0102. The lowest BCUT2D eigenvalue weighted by Crippen LogP contribution is -2.14. The molecule has 0 amide bonds. The molecule has 1 nitrogen and oxygen atoms in total. The zero-order valence-corrected chi connectivity index (χ0v) is 13.2. The summed E-state index contributed by atoms with van der Waals surface area (Å²) in [7, 11) is 0. The largest absolute Gasteiger partial charge is 0.299 e. The van der Waals surface area contributed by atoms with Gasteiger partial charge in [0.1, 0.15) is 5.78 Å². The molecule has 0 aliphatic carbocycles. The first-order chi connectivity index (χ1) is 10.1. The van der Waals surface area contributed by atoms with Gasteiger partial charge in [-0.1, -0.05) is 75.4 Å². The van der Waals surface area contributed by atoms with E-state index in [9.17, 15) is 4.79 Å². The summed E-state index contributed by atoms with van der Waals surface area (Å²) in [6, 6.07) is 18.5. The van der Waals surface area contributed by atoms with E-state index in [0.717, 1.165) is 17.5 Å². The maximum Gasteiger partial charge on any atom is 0.144 e. The molecule has 0 aliphatic rings. The lowest BCUT2D eigenvalue weighted by Gasteiger charge is -2.14. The maximum absolute atomic E-state index is 12.6. The molecule has 1 atom stereocenters. The van der Waals surface area contributed by atoms with Crippen LogP contribution < -0.4 is 0 Å². The highest BCUT2D eigenvalue weighted by Crippen LogP contribution is 2.23. The van der Waals surface area contributed by atoms with Crippen LogP contribution in [0.2, 0.25) is 0 Å². The van der Waals surface area contributed by atoms with Crippen molar-refractivity contribution in [2.45, 2.75) is 45.4 Å². The number of rotatable bonds is 6. The third kappa shape index (κ3) is 4.04. The standard InChI is InChI=1S/C20H24O/c1-4-19(18-8-6-5-7-9-18)20(21)14-16-10-12-17(13-11-16)15(2)3/h5-13,15,19H,4,14H2,1-3H3. The van der Waals surface area contributed by atoms with Crippen LogP contribution >= 0.6 is 0 Å². The van der Waals surface area contributed by atoms with E-state index in [1.165, 1.54) is 5.56 Å². The van der Waals surface area contributed by atoms with Crippen LogP contribution in [0.4, 0.5) is 0 Å². The van der Waals surface area contributed by atoms with E-state index in [4.69, 9.17) is 0 Å². The van der Waals surface area contributed by atoms with Gasteiger partial charge in [-0.3, -0.25) is 4.79 Å². The zero-order valence-electron chi connectivity index (χ0n) is 13.2. The number of benzene rings is 2. The van der Waals surface area contributed by atoms with Gasteiger partial charge in [-0.2, -0.15) is 0 Å². The number of hydrogen-bond acceptors (Lipinski definition) is 1. The number of carbonyl (C=O) groups excluding carboxylic acids is 1. The Morgan fingerprint density at radius 1 is 0.905 bits per heavy atom. The van der Waals surface area contributed by atoms with Crippen molar-refractivity contribution in [2.24, 2.45) is 0 Å². The molecule has 0 saturated carbocycles. The molecule has 1 heteroatoms. The van der Waals surface area contributed by atoms with Gasteiger partial charge in [0.25, 0.3) is 0 Å². The molecule has 0 aliphatic heterocycles. The van der Waals surface area contributed by atoms with Crippen LogP contribution in [0.1, 0.15) is 55.7 Å². The predicted molar refractivity (Wildman–Crippen MR) is 88.7 cm³/mol. The number of ketones is 1. The average molecular weight is 280 g/mol. The van der Waals surface area contributed by atoms with Crippen molar-refractivity contribution in [3.63, 3.8) is 0 Å². The molecule has 0 radical (unpaired) electrons. The Morgan fingerprint density at radius 3 is 2.05 bits per heavy atom. The highest BCUT2D eigenvalue weighted by molar-refractivity contribution is 5.87. The quantitative estimate of drug-likeness (QED) is 0.718. The van der Waals surface area contributed by atoms with Gasteiger partial charge < -0.3 is 0 Å². The molecular formula is C20H24O. The number of Topliss-reactive ketones (excluding diaryl/α,β-unsaturated/α-hetero) is 1. The van der Waals surface area contributed by atoms with Crippen LogP contribution in [0.15, 0.2) is 54.6 Å². The zero-order chi connectivity index (χ0) is 15.2. The molecule has 0 aromatic heterocycles. The Bertz CT molecular complexity index is 567. The van der Waals surface area contributed by atoms with Crippen molar-refractivity contribution >= 4 is 5.78 Å². The highest BCUT2D eigenvalue weighted by Gasteiger charge is 2.18. The molecule has 2 rings (SSSR count). The van der Waals surface area contributed by atoms with Crippen LogP contribution in [0.5, 0.6) is 0 Å². The lowest BCUT2D eigenvalue weighted by atomic mass is 9.89. The van der Waals surface area contributed by atoms with Gasteiger partial charge in [-0.25, -0.2) is 0 Å². The lowest BCUT2D eigenvalue weighted by molar-refractivity contribution is -0.119. The Kier molecular flexibility index (Phi) is 5.32. The van der Waals surface area contributed by atoms with Crippen LogP contribution in [0.25, 0.3) is 0 Å². The van der Waals surface area contributed by atoms with Gasteiger partial charge in [0, 0.05) is 12.3 Å². The summed E-state index contributed by atoms with van der Waals surface area (Å²) < 4.78 is 0. The van der Waals surface area contributed by atoms with E-state index in [1.54, 1.807) is 0 Å². The van der Waals surface area contributed by atoms with E-state index in [-0.39, 0.29) is 5.92 Å². The highest BCUT2D eigenvalue weighted by atomic mass is 16.1. The van der Waals surface area contributed by atoms with Gasteiger partial charge in [-0.15, -0.1) is 0 Å². The van der Waals surface area contributed by atoms with E-state index in [2.05, 4.69) is 45.0 Å². The summed E-state index contributed by atoms with van der Waals surface area (Å²) in [6.07, 6.45) is 1.37. The molecule has 21 heavy (non-hydrogen) atoms. The topological polar surface area (TPSA) is 17.1 Å². The fourth-order valence-corrected chi connectivity index (χ4v) is 2.68. The van der Waals surface area contributed by atoms with Crippen molar-refractivity contribution in [1.29, 1.82) is 0 Å². The predicted octanol–water partition coefficient (Wildman–Crippen LogP) is 5.12. The molecule has 0 fully saturated rings. The summed E-state index contributed by atoms with van der Waals surface area (Å²) in [5.41, 5.74) is 3.56. The van der Waals surface area contributed by atoms with Gasteiger partial charge in [0.2, 0.25) is 0 Å². The fourth-order valence-electron chi connectivity index (χ4n) is 2.68. The van der Waals surface area contributed by atoms with E-state index >= 15 is 0 Å². The summed E-state index contributed by atoms with van der Waals surface area (Å²) in [5.74, 6) is 0.847. The number of hydrogen-bond donors (Lipinski definition) is 0. The summed E-state index contributed by atoms with van der Waals surface area (Å²) in [4.78, 5) is 12.6. The fraction of sp³-hybridized carbons (Fsp3) is 0.350. The first-order valence-corrected chi connectivity index (χ1v) is 7.78. The van der Waals surface area contributed by atoms with Crippen molar-refractivity contribution in [3.05, 3.63) is 71.3 Å². The SMILES string of the molecule is CCC(C(=O)Cc1ccc(C(C)C)cc1)c1ccccc1. The Hall–Kier alpha value is -1.89. The number of carbonyl (C=O) groups is 1. The summed E-state index contributed by atoms with van der Waals surface area (Å²) >= 11 is 0. The molecule has 1 unspecified atom stereocenters. The Morgan fingerprint density at radius 2 is 1.52 bits per heavy atom. The second-order valence-electron chi connectivity index (χ2n) is 5.91. The van der Waals surface area contributed by atoms with Crippen LogP contribution in [0.3, 0.4) is 0 Å². The molecule has 2 aromatic carbocycles. The van der Waals surface area contributed by atoms with Crippen molar-refractivity contribution in [2.75, 3.05) is 0 Å². The maximum atomic E-state index is 12.6. The Balaban J connectivity index is 2.09. The minimum atomic E-state index is 0.0102.